The van der Waals surface area contributed by atoms with Gasteiger partial charge < -0.3 is 9.47 Å². The predicted molar refractivity (Wildman–Crippen MR) is 88.9 cm³/mol. The van der Waals surface area contributed by atoms with Crippen LogP contribution < -0.4 is 9.47 Å². The van der Waals surface area contributed by atoms with Crippen LogP contribution in [0.25, 0.3) is 0 Å². The maximum atomic E-state index is 12.7. The summed E-state index contributed by atoms with van der Waals surface area (Å²) >= 11 is 0. The summed E-state index contributed by atoms with van der Waals surface area (Å²) in [4.78, 5) is 0. The molecule has 5 rings (SSSR count). The number of hydrogen-bond acceptors (Lipinski definition) is 4. The molecule has 0 aliphatic carbocycles. The number of hydrogen-bond donors (Lipinski definition) is 0. The van der Waals surface area contributed by atoms with Crippen molar-refractivity contribution in [1.82, 2.24) is 0 Å². The van der Waals surface area contributed by atoms with Gasteiger partial charge in [0, 0.05) is 6.07 Å². The zero-order valence-corrected chi connectivity index (χ0v) is 12.9. The molecule has 0 amide bonds. The van der Waals surface area contributed by atoms with E-state index in [0.717, 1.165) is 11.5 Å². The van der Waals surface area contributed by atoms with E-state index in [1.807, 2.05) is 36.4 Å². The Balaban J connectivity index is 0.000000213. The second-order valence-electron chi connectivity index (χ2n) is 5.04. The first kappa shape index (κ1) is 16.0. The molecule has 0 radical (unpaired) electrons. The molecule has 0 aromatic heterocycles. The summed E-state index contributed by atoms with van der Waals surface area (Å²) in [6.45, 7) is 0. The summed E-state index contributed by atoms with van der Waals surface area (Å²) in [5.41, 5.74) is 0.418. The lowest BCUT2D eigenvalue weighted by atomic mass is 10.1. The lowest BCUT2D eigenvalue weighted by molar-refractivity contribution is 0.438. The first-order chi connectivity index (χ1) is 12.2. The van der Waals surface area contributed by atoms with Gasteiger partial charge in [0.05, 0.1) is 5.56 Å². The van der Waals surface area contributed by atoms with Crippen molar-refractivity contribution < 1.29 is 13.9 Å². The van der Waals surface area contributed by atoms with E-state index in [1.165, 1.54) is 30.3 Å². The number of fused-ring (bicyclic) bond motifs is 2. The smallest absolute Gasteiger partial charge is 0.146 e. The highest BCUT2D eigenvalue weighted by molar-refractivity contribution is 5.54. The number of halogens is 1. The van der Waals surface area contributed by atoms with Gasteiger partial charge in [-0.2, -0.15) is 10.5 Å². The lowest BCUT2D eigenvalue weighted by Crippen LogP contribution is -1.91. The molecule has 0 unspecified atom stereocenters. The number of rotatable bonds is 2. The SMILES string of the molecule is N#Cc1cccc(Oc2ccc(F)cc2)c1C#N.c1cc2cc(c1)O2. The molecule has 2 aliphatic heterocycles. The van der Waals surface area contributed by atoms with Crippen LogP contribution in [0.3, 0.4) is 0 Å². The molecule has 3 aromatic rings. The third-order valence-corrected chi connectivity index (χ3v) is 3.34. The molecule has 2 heterocycles. The largest absolute Gasteiger partial charge is 0.457 e. The van der Waals surface area contributed by atoms with Gasteiger partial charge in [-0.1, -0.05) is 12.1 Å². The van der Waals surface area contributed by atoms with Crippen LogP contribution in [0.1, 0.15) is 11.1 Å². The minimum atomic E-state index is -0.367. The minimum Gasteiger partial charge on any atom is -0.457 e. The molecule has 0 fully saturated rings. The van der Waals surface area contributed by atoms with Crippen molar-refractivity contribution in [2.24, 2.45) is 0 Å². The molecule has 0 N–H and O–H groups in total. The quantitative estimate of drug-likeness (QED) is 0.509. The monoisotopic (exact) mass is 330 g/mol. The van der Waals surface area contributed by atoms with Gasteiger partial charge in [0.25, 0.3) is 0 Å². The summed E-state index contributed by atoms with van der Waals surface area (Å²) in [5.74, 6) is 2.29. The van der Waals surface area contributed by atoms with Crippen LogP contribution in [0.15, 0.2) is 66.7 Å². The van der Waals surface area contributed by atoms with Gasteiger partial charge in [0.15, 0.2) is 0 Å². The summed E-state index contributed by atoms with van der Waals surface area (Å²) in [5, 5.41) is 17.9. The van der Waals surface area contributed by atoms with E-state index in [0.29, 0.717) is 5.75 Å². The second kappa shape index (κ2) is 7.16. The Hall–Kier alpha value is -3.83. The fraction of sp³-hybridized carbons (Fsp3) is 0. The fourth-order valence-corrected chi connectivity index (χ4v) is 2.13. The standard InChI is InChI=1S/C14H7FN2O.C6H4O/c15-11-4-6-12(7-5-11)18-14-3-1-2-10(8-16)13(14)9-17;1-2-5-4-6(3-1)7-5/h1-7H;1-4H. The number of nitrogens with zero attached hydrogens (tertiary/aromatic N) is 2. The average Bonchev–Trinajstić information content (AvgIpc) is 2.64. The summed E-state index contributed by atoms with van der Waals surface area (Å²) < 4.78 is 23.2. The third-order valence-electron chi connectivity index (χ3n) is 3.34. The second-order valence-corrected chi connectivity index (χ2v) is 5.04. The van der Waals surface area contributed by atoms with Crippen LogP contribution in [0, 0.1) is 28.5 Å². The van der Waals surface area contributed by atoms with Gasteiger partial charge in [0.2, 0.25) is 0 Å². The van der Waals surface area contributed by atoms with Crippen molar-refractivity contribution in [1.29, 1.82) is 10.5 Å². The number of ether oxygens (including phenoxy) is 2. The van der Waals surface area contributed by atoms with E-state index in [2.05, 4.69) is 0 Å². The van der Waals surface area contributed by atoms with Crippen LogP contribution in [0.5, 0.6) is 23.0 Å². The highest BCUT2D eigenvalue weighted by atomic mass is 19.1. The van der Waals surface area contributed by atoms with E-state index in [9.17, 15) is 4.39 Å². The van der Waals surface area contributed by atoms with Gasteiger partial charge in [-0.3, -0.25) is 0 Å². The molecular formula is C20H11FN2O2. The Morgan fingerprint density at radius 1 is 0.840 bits per heavy atom. The molecule has 2 bridgehead atoms. The van der Waals surface area contributed by atoms with Crippen molar-refractivity contribution in [3.63, 3.8) is 0 Å². The van der Waals surface area contributed by atoms with E-state index in [4.69, 9.17) is 20.0 Å². The molecule has 25 heavy (non-hydrogen) atoms. The predicted octanol–water partition coefficient (Wildman–Crippen LogP) is 5.15. The van der Waals surface area contributed by atoms with Crippen LogP contribution >= 0.6 is 0 Å². The Morgan fingerprint density at radius 2 is 1.48 bits per heavy atom. The molecule has 0 saturated heterocycles. The van der Waals surface area contributed by atoms with Crippen LogP contribution in [-0.4, -0.2) is 0 Å². The molecule has 4 nitrogen and oxygen atoms in total. The van der Waals surface area contributed by atoms with Crippen LogP contribution in [0.4, 0.5) is 4.39 Å². The van der Waals surface area contributed by atoms with Crippen molar-refractivity contribution in [2.45, 2.75) is 0 Å². The molecule has 5 heteroatoms. The van der Waals surface area contributed by atoms with Crippen molar-refractivity contribution in [3.05, 3.63) is 83.7 Å². The Bertz CT molecular complexity index is 961. The number of nitriles is 2. The molecule has 2 aliphatic rings. The van der Waals surface area contributed by atoms with Crippen LogP contribution in [0.2, 0.25) is 0 Å². The molecule has 120 valence electrons. The molecule has 0 atom stereocenters. The van der Waals surface area contributed by atoms with Gasteiger partial charge in [-0.15, -0.1) is 0 Å². The summed E-state index contributed by atoms with van der Waals surface area (Å²) in [6, 6.07) is 21.9. The van der Waals surface area contributed by atoms with Crippen molar-refractivity contribution >= 4 is 0 Å². The van der Waals surface area contributed by atoms with Gasteiger partial charge in [-0.25, -0.2) is 4.39 Å². The van der Waals surface area contributed by atoms with Gasteiger partial charge in [-0.05, 0) is 48.5 Å². The van der Waals surface area contributed by atoms with Crippen molar-refractivity contribution in [2.75, 3.05) is 0 Å². The molecule has 0 spiro atoms. The topological polar surface area (TPSA) is 66.0 Å². The minimum absolute atomic E-state index is 0.171. The zero-order chi connectivity index (χ0) is 17.6. The zero-order valence-electron chi connectivity index (χ0n) is 12.9. The van der Waals surface area contributed by atoms with E-state index in [1.54, 1.807) is 12.1 Å². The Morgan fingerprint density at radius 3 is 1.96 bits per heavy atom. The molecular weight excluding hydrogens is 319 g/mol. The van der Waals surface area contributed by atoms with Crippen LogP contribution in [-0.2, 0) is 0 Å². The number of benzene rings is 3. The van der Waals surface area contributed by atoms with E-state index in [-0.39, 0.29) is 22.7 Å². The lowest BCUT2D eigenvalue weighted by Gasteiger charge is -2.13. The average molecular weight is 330 g/mol. The van der Waals surface area contributed by atoms with Crippen molar-refractivity contribution in [3.8, 4) is 35.1 Å². The van der Waals surface area contributed by atoms with Gasteiger partial charge >= 0.3 is 0 Å². The Kier molecular flexibility index (Phi) is 4.60. The fourth-order valence-electron chi connectivity index (χ4n) is 2.13. The highest BCUT2D eigenvalue weighted by Gasteiger charge is 2.09. The first-order valence-electron chi connectivity index (χ1n) is 7.34. The molecule has 0 saturated carbocycles. The maximum absolute atomic E-state index is 12.7. The van der Waals surface area contributed by atoms with E-state index < -0.39 is 0 Å². The third kappa shape index (κ3) is 3.74. The summed E-state index contributed by atoms with van der Waals surface area (Å²) in [6.07, 6.45) is 0. The molecule has 3 aromatic carbocycles. The Labute approximate surface area is 143 Å². The summed E-state index contributed by atoms with van der Waals surface area (Å²) in [7, 11) is 0. The van der Waals surface area contributed by atoms with E-state index >= 15 is 0 Å². The van der Waals surface area contributed by atoms with Gasteiger partial charge in [0.1, 0.15) is 46.5 Å². The first-order valence-corrected chi connectivity index (χ1v) is 7.34. The normalized spacial score (nSPS) is 10.0. The highest BCUT2D eigenvalue weighted by Crippen LogP contribution is 2.33. The maximum Gasteiger partial charge on any atom is 0.146 e.